The second-order valence-electron chi connectivity index (χ2n) is 3.57. The SMILES string of the molecule is COC(=O)c1ccnc(C(O)C(O)CC(=O)O)c1. The van der Waals surface area contributed by atoms with Crippen molar-refractivity contribution in [2.24, 2.45) is 0 Å². The number of carbonyl (C=O) groups is 2. The van der Waals surface area contributed by atoms with Crippen LogP contribution in [0.5, 0.6) is 0 Å². The van der Waals surface area contributed by atoms with Crippen molar-refractivity contribution >= 4 is 11.9 Å². The van der Waals surface area contributed by atoms with Crippen LogP contribution in [0.4, 0.5) is 0 Å². The van der Waals surface area contributed by atoms with Gasteiger partial charge in [-0.05, 0) is 12.1 Å². The summed E-state index contributed by atoms with van der Waals surface area (Å²) in [5, 5.41) is 27.6. The van der Waals surface area contributed by atoms with Crippen LogP contribution in [0, 0.1) is 0 Å². The number of ether oxygens (including phenoxy) is 1. The van der Waals surface area contributed by atoms with Gasteiger partial charge in [-0.15, -0.1) is 0 Å². The van der Waals surface area contributed by atoms with E-state index in [2.05, 4.69) is 9.72 Å². The Kier molecular flexibility index (Phi) is 4.75. The number of aliphatic carboxylic acids is 1. The summed E-state index contributed by atoms with van der Waals surface area (Å²) in [6, 6.07) is 2.62. The van der Waals surface area contributed by atoms with Crippen molar-refractivity contribution in [2.45, 2.75) is 18.6 Å². The Morgan fingerprint density at radius 2 is 2.11 bits per heavy atom. The van der Waals surface area contributed by atoms with E-state index in [0.717, 1.165) is 0 Å². The van der Waals surface area contributed by atoms with Crippen molar-refractivity contribution in [3.05, 3.63) is 29.6 Å². The van der Waals surface area contributed by atoms with Gasteiger partial charge in [-0.25, -0.2) is 4.79 Å². The van der Waals surface area contributed by atoms with E-state index in [1.165, 1.54) is 25.4 Å². The molecule has 7 nitrogen and oxygen atoms in total. The molecule has 1 rings (SSSR count). The van der Waals surface area contributed by atoms with Crippen molar-refractivity contribution in [1.29, 1.82) is 0 Å². The maximum atomic E-state index is 11.2. The first-order valence-electron chi connectivity index (χ1n) is 5.08. The highest BCUT2D eigenvalue weighted by molar-refractivity contribution is 5.89. The molecule has 0 amide bonds. The smallest absolute Gasteiger partial charge is 0.337 e. The zero-order valence-corrected chi connectivity index (χ0v) is 9.61. The van der Waals surface area contributed by atoms with Crippen molar-refractivity contribution in [1.82, 2.24) is 4.98 Å². The highest BCUT2D eigenvalue weighted by atomic mass is 16.5. The van der Waals surface area contributed by atoms with Crippen LogP contribution in [0.2, 0.25) is 0 Å². The molecule has 0 radical (unpaired) electrons. The van der Waals surface area contributed by atoms with E-state index in [9.17, 15) is 19.8 Å². The van der Waals surface area contributed by atoms with Gasteiger partial charge in [0.1, 0.15) is 6.10 Å². The highest BCUT2D eigenvalue weighted by Gasteiger charge is 2.23. The summed E-state index contributed by atoms with van der Waals surface area (Å²) in [5.41, 5.74) is 0.163. The van der Waals surface area contributed by atoms with E-state index in [4.69, 9.17) is 5.11 Å². The Bertz CT molecular complexity index is 447. The first kappa shape index (κ1) is 14.1. The van der Waals surface area contributed by atoms with Crippen LogP contribution in [0.3, 0.4) is 0 Å². The van der Waals surface area contributed by atoms with Crippen LogP contribution in [0.15, 0.2) is 18.3 Å². The summed E-state index contributed by atoms with van der Waals surface area (Å²) in [6.45, 7) is 0. The van der Waals surface area contributed by atoms with Crippen LogP contribution in [-0.2, 0) is 9.53 Å². The minimum Gasteiger partial charge on any atom is -0.481 e. The first-order chi connectivity index (χ1) is 8.45. The lowest BCUT2D eigenvalue weighted by atomic mass is 10.1. The molecule has 0 aliphatic heterocycles. The fourth-order valence-corrected chi connectivity index (χ4v) is 1.34. The number of pyridine rings is 1. The molecule has 1 aromatic rings. The number of aliphatic hydroxyl groups excluding tert-OH is 2. The zero-order valence-electron chi connectivity index (χ0n) is 9.61. The highest BCUT2D eigenvalue weighted by Crippen LogP contribution is 2.18. The summed E-state index contributed by atoms with van der Waals surface area (Å²) < 4.78 is 4.49. The molecule has 1 heterocycles. The maximum absolute atomic E-state index is 11.2. The summed E-state index contributed by atoms with van der Waals surface area (Å²) in [4.78, 5) is 25.4. The standard InChI is InChI=1S/C11H13NO6/c1-18-11(17)6-2-3-12-7(4-6)10(16)8(13)5-9(14)15/h2-4,8,10,13,16H,5H2,1H3,(H,14,15). The molecule has 0 saturated heterocycles. The largest absolute Gasteiger partial charge is 0.481 e. The number of esters is 1. The van der Waals surface area contributed by atoms with Crippen LogP contribution in [-0.4, -0.2) is 45.5 Å². The number of nitrogens with zero attached hydrogens (tertiary/aromatic N) is 1. The van der Waals surface area contributed by atoms with Crippen molar-refractivity contribution in [2.75, 3.05) is 7.11 Å². The molecule has 0 saturated carbocycles. The Morgan fingerprint density at radius 3 is 2.67 bits per heavy atom. The lowest BCUT2D eigenvalue weighted by molar-refractivity contribution is -0.141. The van der Waals surface area contributed by atoms with Crippen LogP contribution >= 0.6 is 0 Å². The van der Waals surface area contributed by atoms with E-state index in [1.54, 1.807) is 0 Å². The van der Waals surface area contributed by atoms with Gasteiger partial charge in [0, 0.05) is 6.20 Å². The van der Waals surface area contributed by atoms with Gasteiger partial charge in [-0.2, -0.15) is 0 Å². The maximum Gasteiger partial charge on any atom is 0.337 e. The van der Waals surface area contributed by atoms with Gasteiger partial charge >= 0.3 is 11.9 Å². The number of hydrogen-bond acceptors (Lipinski definition) is 6. The number of carboxylic acid groups (broad SMARTS) is 1. The number of rotatable bonds is 5. The lowest BCUT2D eigenvalue weighted by Crippen LogP contribution is -2.22. The van der Waals surface area contributed by atoms with E-state index in [0.29, 0.717) is 0 Å². The zero-order chi connectivity index (χ0) is 13.7. The molecule has 7 heteroatoms. The molecule has 18 heavy (non-hydrogen) atoms. The Hall–Kier alpha value is -1.99. The molecule has 0 bridgehead atoms. The fourth-order valence-electron chi connectivity index (χ4n) is 1.34. The van der Waals surface area contributed by atoms with E-state index < -0.39 is 30.6 Å². The van der Waals surface area contributed by atoms with Crippen molar-refractivity contribution in [3.63, 3.8) is 0 Å². The molecule has 2 atom stereocenters. The third-order valence-electron chi connectivity index (χ3n) is 2.25. The molecule has 0 aliphatic rings. The van der Waals surface area contributed by atoms with E-state index >= 15 is 0 Å². The summed E-state index contributed by atoms with van der Waals surface area (Å²) in [5.74, 6) is -1.86. The number of hydrogen-bond donors (Lipinski definition) is 3. The van der Waals surface area contributed by atoms with Gasteiger partial charge in [0.15, 0.2) is 0 Å². The molecular weight excluding hydrogens is 242 g/mol. The number of carbonyl (C=O) groups excluding carboxylic acids is 1. The Morgan fingerprint density at radius 1 is 1.44 bits per heavy atom. The molecule has 0 fully saturated rings. The van der Waals surface area contributed by atoms with Gasteiger partial charge in [-0.1, -0.05) is 0 Å². The quantitative estimate of drug-likeness (QED) is 0.620. The summed E-state index contributed by atoms with van der Waals surface area (Å²) in [6.07, 6.45) is -2.34. The summed E-state index contributed by atoms with van der Waals surface area (Å²) >= 11 is 0. The average Bonchev–Trinajstić information content (AvgIpc) is 2.36. The third kappa shape index (κ3) is 3.51. The van der Waals surface area contributed by atoms with Crippen molar-refractivity contribution in [3.8, 4) is 0 Å². The van der Waals surface area contributed by atoms with Crippen LogP contribution < -0.4 is 0 Å². The predicted molar refractivity (Wildman–Crippen MR) is 58.8 cm³/mol. The summed E-state index contributed by atoms with van der Waals surface area (Å²) in [7, 11) is 1.21. The van der Waals surface area contributed by atoms with Gasteiger partial charge in [0.2, 0.25) is 0 Å². The monoisotopic (exact) mass is 255 g/mol. The Labute approximate surface area is 103 Å². The van der Waals surface area contributed by atoms with Gasteiger partial charge < -0.3 is 20.1 Å². The topological polar surface area (TPSA) is 117 Å². The third-order valence-corrected chi connectivity index (χ3v) is 2.25. The second kappa shape index (κ2) is 6.08. The molecule has 1 aromatic heterocycles. The normalized spacial score (nSPS) is 13.7. The number of aromatic nitrogens is 1. The molecule has 98 valence electrons. The van der Waals surface area contributed by atoms with Crippen LogP contribution in [0.1, 0.15) is 28.6 Å². The minimum atomic E-state index is -1.50. The lowest BCUT2D eigenvalue weighted by Gasteiger charge is -2.15. The van der Waals surface area contributed by atoms with Crippen molar-refractivity contribution < 1.29 is 29.6 Å². The van der Waals surface area contributed by atoms with E-state index in [1.807, 2.05) is 0 Å². The average molecular weight is 255 g/mol. The molecule has 0 aromatic carbocycles. The van der Waals surface area contributed by atoms with E-state index in [-0.39, 0.29) is 11.3 Å². The predicted octanol–water partition coefficient (Wildman–Crippen LogP) is -0.263. The molecule has 2 unspecified atom stereocenters. The van der Waals surface area contributed by atoms with Gasteiger partial charge in [0.25, 0.3) is 0 Å². The minimum absolute atomic E-state index is 0.00616. The molecule has 0 aliphatic carbocycles. The van der Waals surface area contributed by atoms with Crippen LogP contribution in [0.25, 0.3) is 0 Å². The number of aliphatic hydroxyl groups is 2. The molecule has 3 N–H and O–H groups in total. The fraction of sp³-hybridized carbons (Fsp3) is 0.364. The number of carboxylic acids is 1. The van der Waals surface area contributed by atoms with Gasteiger partial charge in [-0.3, -0.25) is 9.78 Å². The Balaban J connectivity index is 2.89. The number of methoxy groups -OCH3 is 1. The second-order valence-corrected chi connectivity index (χ2v) is 3.57. The molecular formula is C11H13NO6. The van der Waals surface area contributed by atoms with Gasteiger partial charge in [0.05, 0.1) is 30.9 Å². The molecule has 0 spiro atoms. The first-order valence-corrected chi connectivity index (χ1v) is 5.08.